The topological polar surface area (TPSA) is 252 Å². The van der Waals surface area contributed by atoms with Crippen LogP contribution in [-0.2, 0) is 0 Å². The molecule has 0 fully saturated rings. The summed E-state index contributed by atoms with van der Waals surface area (Å²) in [6, 6.07) is 0. The Morgan fingerprint density at radius 2 is 0.273 bits per heavy atom. The summed E-state index contributed by atoms with van der Waals surface area (Å²) in [5.74, 6) is 0. The average Bonchev–Trinajstić information content (AvgIpc) is 0. The summed E-state index contributed by atoms with van der Waals surface area (Å²) in [5.41, 5.74) is 0. The molecule has 0 aromatic rings. The second kappa shape index (κ2) is 998. The first kappa shape index (κ1) is 1320. The molecule has 0 rings (SSSR count). The van der Waals surface area contributed by atoms with Crippen LogP contribution < -0.4 is 24.8 Å². The van der Waals surface area contributed by atoms with Gasteiger partial charge in [-0.3, -0.25) is 0 Å². The van der Waals surface area contributed by atoms with Crippen LogP contribution >= 0.6 is 0 Å². The zero-order valence-corrected chi connectivity index (χ0v) is 9.62. The summed E-state index contributed by atoms with van der Waals surface area (Å²) in [7, 11) is 0. The Morgan fingerprint density at radius 3 is 0.273 bits per heavy atom. The molecule has 0 aromatic carbocycles. The normalized spacial score (nSPS) is 0. The molecule has 0 aliphatic carbocycles. The van der Waals surface area contributed by atoms with Gasteiger partial charge in [-0.25, -0.2) is 0 Å². The molecule has 0 spiro atoms. The summed E-state index contributed by atoms with van der Waals surface area (Å²) in [5, 5.41) is 0. The minimum Gasteiger partial charge on any atom is -1.00 e. The number of hydrogen-bond donors (Lipinski definition) is 0. The fraction of sp³-hybridized carbons (Fsp3) is 0. The van der Waals surface area contributed by atoms with Crippen LogP contribution in [0.5, 0.6) is 0 Å². The Kier molecular flexibility index (Phi) is 119000. The standard InChI is InChI=1S/2ClH.8H2O.Sn/h2*1H;8*1H2;/q;;;;;;;;;;+2/p-2. The van der Waals surface area contributed by atoms with E-state index in [0.29, 0.717) is 0 Å². The van der Waals surface area contributed by atoms with Crippen molar-refractivity contribution in [3.8, 4) is 0 Å². The first-order chi connectivity index (χ1) is 0. The summed E-state index contributed by atoms with van der Waals surface area (Å²) in [4.78, 5) is 0. The predicted molar refractivity (Wildman–Crippen MR) is 34.7 cm³/mol. The summed E-state index contributed by atoms with van der Waals surface area (Å²) < 4.78 is 0. The second-order valence-corrected chi connectivity index (χ2v) is 0. The summed E-state index contributed by atoms with van der Waals surface area (Å²) in [6.07, 6.45) is 0. The molecular formula is H16Cl2O8Sn. The summed E-state index contributed by atoms with van der Waals surface area (Å²) >= 11 is 0. The molecule has 0 heterocycles. The van der Waals surface area contributed by atoms with Crippen LogP contribution in [0.3, 0.4) is 0 Å². The van der Waals surface area contributed by atoms with Crippen LogP contribution in [0.25, 0.3) is 0 Å². The molecule has 11 heavy (non-hydrogen) atoms. The van der Waals surface area contributed by atoms with E-state index in [0.717, 1.165) is 0 Å². The minimum atomic E-state index is 0. The van der Waals surface area contributed by atoms with E-state index < -0.39 is 0 Å². The number of rotatable bonds is 0. The fourth-order valence-corrected chi connectivity index (χ4v) is 0. The predicted octanol–water partition coefficient (Wildman–Crippen LogP) is -13.0. The van der Waals surface area contributed by atoms with Crippen molar-refractivity contribution in [1.29, 1.82) is 0 Å². The van der Waals surface area contributed by atoms with Gasteiger partial charge >= 0.3 is 23.9 Å². The van der Waals surface area contributed by atoms with E-state index in [9.17, 15) is 0 Å². The van der Waals surface area contributed by atoms with Crippen molar-refractivity contribution in [2.24, 2.45) is 0 Å². The maximum absolute atomic E-state index is 0. The Morgan fingerprint density at radius 1 is 0.273 bits per heavy atom. The second-order valence-electron chi connectivity index (χ2n) is 0. The van der Waals surface area contributed by atoms with Gasteiger partial charge in [0.1, 0.15) is 0 Å². The first-order valence-corrected chi connectivity index (χ1v) is 0. The van der Waals surface area contributed by atoms with Gasteiger partial charge in [-0.05, 0) is 0 Å². The molecule has 0 unspecified atom stereocenters. The third-order valence-electron chi connectivity index (χ3n) is 0. The van der Waals surface area contributed by atoms with Crippen molar-refractivity contribution in [1.82, 2.24) is 0 Å². The van der Waals surface area contributed by atoms with Crippen molar-refractivity contribution >= 4 is 23.9 Å². The van der Waals surface area contributed by atoms with Crippen LogP contribution in [0.1, 0.15) is 0 Å². The van der Waals surface area contributed by atoms with E-state index in [4.69, 9.17) is 0 Å². The van der Waals surface area contributed by atoms with E-state index in [-0.39, 0.29) is 92.5 Å². The van der Waals surface area contributed by atoms with E-state index in [2.05, 4.69) is 0 Å². The molecule has 0 aliphatic heterocycles. The molecule has 0 amide bonds. The Labute approximate surface area is 92.6 Å². The van der Waals surface area contributed by atoms with Crippen molar-refractivity contribution in [2.45, 2.75) is 0 Å². The van der Waals surface area contributed by atoms with Gasteiger partial charge in [-0.1, -0.05) is 0 Å². The van der Waals surface area contributed by atoms with Gasteiger partial charge in [0.15, 0.2) is 0 Å². The quantitative estimate of drug-likeness (QED) is 0.374. The van der Waals surface area contributed by atoms with Gasteiger partial charge < -0.3 is 68.6 Å². The molecule has 11 heteroatoms. The van der Waals surface area contributed by atoms with Crippen LogP contribution in [0.4, 0.5) is 0 Å². The minimum absolute atomic E-state index is 0. The fourth-order valence-electron chi connectivity index (χ4n) is 0. The summed E-state index contributed by atoms with van der Waals surface area (Å²) in [6.45, 7) is 0. The van der Waals surface area contributed by atoms with Crippen LogP contribution in [0.15, 0.2) is 0 Å². The molecule has 0 aliphatic rings. The van der Waals surface area contributed by atoms with E-state index in [1.807, 2.05) is 0 Å². The smallest absolute Gasteiger partial charge is 1.00 e. The molecular weight excluding hydrogens is 318 g/mol. The van der Waals surface area contributed by atoms with Crippen molar-refractivity contribution in [3.05, 3.63) is 0 Å². The SMILES string of the molecule is O.O.O.O.O.O.O.O.[Cl-].[Cl-].[Sn+2]. The first-order valence-electron chi connectivity index (χ1n) is 0. The molecule has 82 valence electrons. The Bertz CT molecular complexity index is 12.1. The molecule has 16 N–H and O–H groups in total. The van der Waals surface area contributed by atoms with Crippen molar-refractivity contribution in [3.63, 3.8) is 0 Å². The third-order valence-corrected chi connectivity index (χ3v) is 0. The van der Waals surface area contributed by atoms with Gasteiger partial charge in [0.2, 0.25) is 0 Å². The number of hydrogen-bond acceptors (Lipinski definition) is 0. The zero-order chi connectivity index (χ0) is 0. The molecule has 0 saturated carbocycles. The van der Waals surface area contributed by atoms with Gasteiger partial charge in [0.25, 0.3) is 0 Å². The van der Waals surface area contributed by atoms with Crippen LogP contribution in [0.2, 0.25) is 0 Å². The molecule has 8 nitrogen and oxygen atoms in total. The Balaban J connectivity index is 0. The van der Waals surface area contributed by atoms with Crippen LogP contribution in [0, 0.1) is 0 Å². The van der Waals surface area contributed by atoms with Gasteiger partial charge in [0.05, 0.1) is 0 Å². The maximum atomic E-state index is 0. The van der Waals surface area contributed by atoms with Gasteiger partial charge in [-0.2, -0.15) is 0 Å². The average molecular weight is 334 g/mol. The third kappa shape index (κ3) is 810. The zero-order valence-electron chi connectivity index (χ0n) is 5.26. The Hall–Kier alpha value is 1.06. The van der Waals surface area contributed by atoms with Gasteiger partial charge in [-0.15, -0.1) is 0 Å². The molecule has 2 radical (unpaired) electrons. The monoisotopic (exact) mass is 334 g/mol. The molecule has 0 saturated heterocycles. The maximum Gasteiger partial charge on any atom is 2.00 e. The molecule has 0 aromatic heterocycles. The van der Waals surface area contributed by atoms with Gasteiger partial charge in [0, 0.05) is 0 Å². The van der Waals surface area contributed by atoms with Crippen molar-refractivity contribution < 1.29 is 68.6 Å². The van der Waals surface area contributed by atoms with Crippen LogP contribution in [-0.4, -0.2) is 67.7 Å². The largest absolute Gasteiger partial charge is 2.00 e. The molecule has 0 atom stereocenters. The van der Waals surface area contributed by atoms with E-state index in [1.54, 1.807) is 0 Å². The van der Waals surface area contributed by atoms with Crippen molar-refractivity contribution in [2.75, 3.05) is 0 Å². The van der Waals surface area contributed by atoms with E-state index >= 15 is 0 Å². The number of halogens is 2. The molecule has 0 bridgehead atoms. The van der Waals surface area contributed by atoms with E-state index in [1.165, 1.54) is 0 Å².